The fourth-order valence-corrected chi connectivity index (χ4v) is 6.08. The summed E-state index contributed by atoms with van der Waals surface area (Å²) in [6, 6.07) is 53.7. The van der Waals surface area contributed by atoms with Gasteiger partial charge in [-0.05, 0) is 47.2 Å². The topological polar surface area (TPSA) is 79.7 Å². The van der Waals surface area contributed by atoms with Gasteiger partial charge in [0, 0.05) is 33.4 Å². The van der Waals surface area contributed by atoms with E-state index in [2.05, 4.69) is 47.3 Å². The van der Waals surface area contributed by atoms with Gasteiger partial charge in [0.15, 0.2) is 17.3 Å². The number of hydrogen-bond donors (Lipinski definition) is 0. The SMILES string of the molecule is [C-]#[N+]c1ccc(-c2nc(-c3ccccc3)cc(-c3cccc4c(-c5cc(-c6ccccc6)nc(-c6ccc(C#N)cc6)n5)cccc34)n2)cc1. The molecule has 50 heavy (non-hydrogen) atoms. The molecule has 8 rings (SSSR count). The lowest BCUT2D eigenvalue weighted by Crippen LogP contribution is -1.98. The van der Waals surface area contributed by atoms with Crippen molar-refractivity contribution in [3.63, 3.8) is 0 Å². The molecule has 0 spiro atoms. The molecule has 2 aromatic heterocycles. The summed E-state index contributed by atoms with van der Waals surface area (Å²) < 4.78 is 0. The summed E-state index contributed by atoms with van der Waals surface area (Å²) in [5, 5.41) is 11.4. The van der Waals surface area contributed by atoms with Crippen molar-refractivity contribution in [1.29, 1.82) is 5.26 Å². The predicted molar refractivity (Wildman–Crippen MR) is 199 cm³/mol. The minimum atomic E-state index is 0.567. The third-order valence-corrected chi connectivity index (χ3v) is 8.59. The van der Waals surface area contributed by atoms with Crippen LogP contribution in [-0.2, 0) is 0 Å². The zero-order chi connectivity index (χ0) is 33.9. The first-order valence-corrected chi connectivity index (χ1v) is 16.1. The second-order valence-corrected chi connectivity index (χ2v) is 11.7. The summed E-state index contributed by atoms with van der Waals surface area (Å²) in [5.74, 6) is 1.16. The van der Waals surface area contributed by atoms with Gasteiger partial charge in [-0.3, -0.25) is 0 Å². The Bertz CT molecular complexity index is 2400. The molecule has 0 unspecified atom stereocenters. The maximum absolute atomic E-state index is 9.36. The average Bonchev–Trinajstić information content (AvgIpc) is 3.20. The van der Waals surface area contributed by atoms with Crippen molar-refractivity contribution in [2.45, 2.75) is 0 Å². The molecule has 6 nitrogen and oxygen atoms in total. The Morgan fingerprint density at radius 1 is 0.440 bits per heavy atom. The van der Waals surface area contributed by atoms with Crippen LogP contribution in [0.25, 0.3) is 83.4 Å². The largest absolute Gasteiger partial charge is 0.238 e. The zero-order valence-corrected chi connectivity index (χ0v) is 26.7. The van der Waals surface area contributed by atoms with Crippen molar-refractivity contribution in [2.75, 3.05) is 0 Å². The monoisotopic (exact) mass is 638 g/mol. The van der Waals surface area contributed by atoms with Crippen LogP contribution >= 0.6 is 0 Å². The van der Waals surface area contributed by atoms with Crippen LogP contribution in [0.15, 0.2) is 158 Å². The summed E-state index contributed by atoms with van der Waals surface area (Å²) in [7, 11) is 0. The highest BCUT2D eigenvalue weighted by Crippen LogP contribution is 2.37. The minimum absolute atomic E-state index is 0.567. The highest BCUT2D eigenvalue weighted by atomic mass is 14.9. The van der Waals surface area contributed by atoms with Gasteiger partial charge in [0.05, 0.1) is 41.0 Å². The van der Waals surface area contributed by atoms with Crippen LogP contribution in [-0.4, -0.2) is 19.9 Å². The molecule has 0 amide bonds. The highest BCUT2D eigenvalue weighted by Gasteiger charge is 2.16. The summed E-state index contributed by atoms with van der Waals surface area (Å²) in [6.45, 7) is 7.37. The smallest absolute Gasteiger partial charge is 0.187 e. The van der Waals surface area contributed by atoms with Crippen molar-refractivity contribution in [3.05, 3.63) is 175 Å². The summed E-state index contributed by atoms with van der Waals surface area (Å²) in [4.78, 5) is 23.6. The number of aromatic nitrogens is 4. The molecule has 0 saturated carbocycles. The Balaban J connectivity index is 1.31. The molecule has 0 aliphatic carbocycles. The first kappa shape index (κ1) is 30.1. The first-order valence-electron chi connectivity index (χ1n) is 16.1. The molecule has 232 valence electrons. The molecule has 0 saturated heterocycles. The fourth-order valence-electron chi connectivity index (χ4n) is 6.08. The summed E-state index contributed by atoms with van der Waals surface area (Å²) in [6.07, 6.45) is 0. The Hall–Kier alpha value is -7.28. The van der Waals surface area contributed by atoms with Crippen molar-refractivity contribution in [3.8, 4) is 73.9 Å². The van der Waals surface area contributed by atoms with E-state index in [4.69, 9.17) is 26.5 Å². The summed E-state index contributed by atoms with van der Waals surface area (Å²) in [5.41, 5.74) is 9.90. The molecule has 0 radical (unpaired) electrons. The van der Waals surface area contributed by atoms with E-state index >= 15 is 0 Å². The molecule has 0 aliphatic heterocycles. The van der Waals surface area contributed by atoms with Gasteiger partial charge in [0.1, 0.15) is 0 Å². The molecule has 0 N–H and O–H groups in total. The fraction of sp³-hybridized carbons (Fsp3) is 0. The second kappa shape index (κ2) is 13.1. The molecular weight excluding hydrogens is 613 g/mol. The zero-order valence-electron chi connectivity index (χ0n) is 26.7. The molecule has 0 bridgehead atoms. The van der Waals surface area contributed by atoms with Crippen molar-refractivity contribution >= 4 is 16.5 Å². The molecule has 0 fully saturated rings. The van der Waals surface area contributed by atoms with Crippen LogP contribution in [0.5, 0.6) is 0 Å². The lowest BCUT2D eigenvalue weighted by molar-refractivity contribution is 1.18. The highest BCUT2D eigenvalue weighted by molar-refractivity contribution is 6.04. The predicted octanol–water partition coefficient (Wildman–Crippen LogP) is 10.8. The van der Waals surface area contributed by atoms with Crippen LogP contribution < -0.4 is 0 Å². The Labute approximate surface area is 289 Å². The molecule has 8 aromatic rings. The summed E-state index contributed by atoms with van der Waals surface area (Å²) >= 11 is 0. The van der Waals surface area contributed by atoms with E-state index < -0.39 is 0 Å². The Morgan fingerprint density at radius 3 is 1.32 bits per heavy atom. The number of nitriles is 1. The lowest BCUT2D eigenvalue weighted by Gasteiger charge is -2.14. The van der Waals surface area contributed by atoms with Gasteiger partial charge < -0.3 is 0 Å². The van der Waals surface area contributed by atoms with E-state index in [0.717, 1.165) is 66.9 Å². The Kier molecular flexibility index (Phi) is 7.87. The molecule has 2 heterocycles. The van der Waals surface area contributed by atoms with E-state index in [-0.39, 0.29) is 0 Å². The van der Waals surface area contributed by atoms with Gasteiger partial charge in [-0.15, -0.1) is 0 Å². The molecule has 0 aliphatic rings. The number of nitrogens with zero attached hydrogens (tertiary/aromatic N) is 6. The second-order valence-electron chi connectivity index (χ2n) is 11.7. The molecular formula is C44H26N6. The van der Waals surface area contributed by atoms with Gasteiger partial charge >= 0.3 is 0 Å². The third-order valence-electron chi connectivity index (χ3n) is 8.59. The number of benzene rings is 6. The van der Waals surface area contributed by atoms with Gasteiger partial charge in [0.2, 0.25) is 0 Å². The van der Waals surface area contributed by atoms with Gasteiger partial charge in [-0.1, -0.05) is 121 Å². The lowest BCUT2D eigenvalue weighted by atomic mass is 9.95. The Morgan fingerprint density at radius 2 is 0.880 bits per heavy atom. The van der Waals surface area contributed by atoms with Crippen molar-refractivity contribution in [2.24, 2.45) is 0 Å². The normalized spacial score (nSPS) is 10.8. The molecule has 6 heteroatoms. The number of hydrogen-bond acceptors (Lipinski definition) is 5. The van der Waals surface area contributed by atoms with Gasteiger partial charge in [-0.25, -0.2) is 24.8 Å². The third kappa shape index (κ3) is 5.86. The van der Waals surface area contributed by atoms with E-state index in [1.54, 1.807) is 24.3 Å². The number of fused-ring (bicyclic) bond motifs is 1. The van der Waals surface area contributed by atoms with Crippen LogP contribution in [0, 0.1) is 17.9 Å². The van der Waals surface area contributed by atoms with Crippen molar-refractivity contribution < 1.29 is 0 Å². The van der Waals surface area contributed by atoms with Crippen LogP contribution in [0.2, 0.25) is 0 Å². The van der Waals surface area contributed by atoms with Gasteiger partial charge in [-0.2, -0.15) is 5.26 Å². The standard InChI is InChI=1S/C44H26N6/c1-46-34-24-22-33(23-25-34)44-48-40(31-12-6-3-7-13-31)27-42(50-44)38-17-9-14-35-36(38)15-8-16-37(35)41-26-39(30-10-4-2-5-11-30)47-43(49-41)32-20-18-29(28-45)19-21-32/h2-27H. The minimum Gasteiger partial charge on any atom is -0.238 e. The average molecular weight is 639 g/mol. The van der Waals surface area contributed by atoms with Crippen LogP contribution in [0.3, 0.4) is 0 Å². The maximum Gasteiger partial charge on any atom is 0.187 e. The first-order chi connectivity index (χ1) is 24.7. The van der Waals surface area contributed by atoms with E-state index in [0.29, 0.717) is 22.9 Å². The quantitative estimate of drug-likeness (QED) is 0.169. The number of rotatable bonds is 6. The maximum atomic E-state index is 9.36. The van der Waals surface area contributed by atoms with E-state index in [1.807, 2.05) is 97.1 Å². The van der Waals surface area contributed by atoms with Crippen LogP contribution in [0.4, 0.5) is 5.69 Å². The molecule has 6 aromatic carbocycles. The van der Waals surface area contributed by atoms with E-state index in [9.17, 15) is 5.26 Å². The van der Waals surface area contributed by atoms with E-state index in [1.165, 1.54) is 0 Å². The van der Waals surface area contributed by atoms with Gasteiger partial charge in [0.25, 0.3) is 0 Å². The van der Waals surface area contributed by atoms with Crippen LogP contribution in [0.1, 0.15) is 5.56 Å². The van der Waals surface area contributed by atoms with Crippen molar-refractivity contribution in [1.82, 2.24) is 19.9 Å². The molecule has 0 atom stereocenters.